The first-order valence-corrected chi connectivity index (χ1v) is 11.8. The molecule has 0 bridgehead atoms. The van der Waals surface area contributed by atoms with Gasteiger partial charge >= 0.3 is 0 Å². The van der Waals surface area contributed by atoms with Crippen molar-refractivity contribution in [1.29, 1.82) is 5.26 Å². The highest BCUT2D eigenvalue weighted by atomic mass is 16.3. The minimum Gasteiger partial charge on any atom is -0.384 e. The van der Waals surface area contributed by atoms with Crippen molar-refractivity contribution in [2.24, 2.45) is 5.92 Å². The molecule has 0 spiro atoms. The molecule has 2 unspecified atom stereocenters. The third-order valence-electron chi connectivity index (χ3n) is 6.54. The summed E-state index contributed by atoms with van der Waals surface area (Å²) in [5, 5.41) is 36.6. The molecule has 3 aromatic heterocycles. The van der Waals surface area contributed by atoms with Crippen LogP contribution in [-0.4, -0.2) is 34.9 Å². The summed E-state index contributed by atoms with van der Waals surface area (Å²) < 4.78 is 3.53. The Balaban J connectivity index is 1.46. The van der Waals surface area contributed by atoms with Crippen LogP contribution in [-0.2, 0) is 12.1 Å². The summed E-state index contributed by atoms with van der Waals surface area (Å²) in [5.41, 5.74) is 1.69. The number of hydrogen-bond acceptors (Lipinski definition) is 7. The predicted molar refractivity (Wildman–Crippen MR) is 131 cm³/mol. The van der Waals surface area contributed by atoms with Gasteiger partial charge in [-0.3, -0.25) is 9.48 Å². The second kappa shape index (κ2) is 9.00. The highest BCUT2D eigenvalue weighted by Crippen LogP contribution is 2.36. The maximum Gasteiger partial charge on any atom is 0.261 e. The van der Waals surface area contributed by atoms with E-state index < -0.39 is 5.60 Å². The van der Waals surface area contributed by atoms with Gasteiger partial charge in [-0.15, -0.1) is 5.10 Å². The number of hydrogen-bond donors (Lipinski definition) is 3. The van der Waals surface area contributed by atoms with Gasteiger partial charge in [0.2, 0.25) is 0 Å². The number of fused-ring (bicyclic) bond motifs is 1. The number of nitrogens with zero attached hydrogens (tertiary/aromatic N) is 6. The van der Waals surface area contributed by atoms with Crippen LogP contribution in [0.2, 0.25) is 0 Å². The van der Waals surface area contributed by atoms with Crippen LogP contribution in [0.25, 0.3) is 10.9 Å². The molecule has 1 saturated carbocycles. The van der Waals surface area contributed by atoms with Crippen LogP contribution in [0.5, 0.6) is 0 Å². The fourth-order valence-corrected chi connectivity index (χ4v) is 4.72. The highest BCUT2D eigenvalue weighted by molar-refractivity contribution is 5.91. The second-order valence-corrected chi connectivity index (χ2v) is 9.63. The van der Waals surface area contributed by atoms with E-state index in [1.54, 1.807) is 30.9 Å². The molecule has 0 aliphatic heterocycles. The smallest absolute Gasteiger partial charge is 0.261 e. The van der Waals surface area contributed by atoms with Crippen molar-refractivity contribution >= 4 is 22.4 Å². The third kappa shape index (κ3) is 4.55. The SMILES string of the molecule is CC(C)(O)c1cn(Cc2cccc(Nc3nn(C4CCCCC4C#N)c4cc[nH]c(=O)c34)c2)nn1. The van der Waals surface area contributed by atoms with Crippen LogP contribution in [0.3, 0.4) is 0 Å². The summed E-state index contributed by atoms with van der Waals surface area (Å²) in [6.07, 6.45) is 7.13. The number of rotatable bonds is 6. The Kier molecular flexibility index (Phi) is 5.86. The Bertz CT molecular complexity index is 1450. The Morgan fingerprint density at radius 2 is 2.11 bits per heavy atom. The minimum absolute atomic E-state index is 0.0581. The van der Waals surface area contributed by atoms with Crippen molar-refractivity contribution in [3.63, 3.8) is 0 Å². The summed E-state index contributed by atoms with van der Waals surface area (Å²) >= 11 is 0. The fraction of sp³-hybridized carbons (Fsp3) is 0.400. The van der Waals surface area contributed by atoms with Gasteiger partial charge in [0.05, 0.1) is 36.3 Å². The number of anilines is 2. The van der Waals surface area contributed by atoms with Crippen molar-refractivity contribution in [1.82, 2.24) is 29.8 Å². The normalized spacial score (nSPS) is 18.5. The summed E-state index contributed by atoms with van der Waals surface area (Å²) in [7, 11) is 0. The van der Waals surface area contributed by atoms with E-state index in [1.807, 2.05) is 35.0 Å². The number of H-pyrrole nitrogens is 1. The molecular weight excluding hydrogens is 444 g/mol. The molecule has 1 fully saturated rings. The van der Waals surface area contributed by atoms with Crippen molar-refractivity contribution in [2.45, 2.75) is 57.7 Å². The summed E-state index contributed by atoms with van der Waals surface area (Å²) in [6.45, 7) is 3.81. The molecule has 0 radical (unpaired) electrons. The van der Waals surface area contributed by atoms with Gasteiger partial charge in [0, 0.05) is 11.9 Å². The molecule has 0 saturated heterocycles. The van der Waals surface area contributed by atoms with Crippen LogP contribution in [0.1, 0.15) is 56.8 Å². The van der Waals surface area contributed by atoms with Gasteiger partial charge in [0.1, 0.15) is 16.7 Å². The van der Waals surface area contributed by atoms with Crippen molar-refractivity contribution in [2.75, 3.05) is 5.32 Å². The summed E-state index contributed by atoms with van der Waals surface area (Å²) in [4.78, 5) is 15.5. The molecule has 1 aliphatic carbocycles. The number of benzene rings is 1. The zero-order valence-corrected chi connectivity index (χ0v) is 19.8. The average Bonchev–Trinajstić information content (AvgIpc) is 3.45. The molecule has 10 nitrogen and oxygen atoms in total. The lowest BCUT2D eigenvalue weighted by Gasteiger charge is -2.27. The van der Waals surface area contributed by atoms with Gasteiger partial charge in [-0.1, -0.05) is 30.2 Å². The maximum atomic E-state index is 12.8. The van der Waals surface area contributed by atoms with E-state index in [4.69, 9.17) is 5.10 Å². The molecule has 3 N–H and O–H groups in total. The van der Waals surface area contributed by atoms with Gasteiger partial charge in [0.15, 0.2) is 5.82 Å². The quantitative estimate of drug-likeness (QED) is 0.390. The lowest BCUT2D eigenvalue weighted by Crippen LogP contribution is -2.23. The van der Waals surface area contributed by atoms with Gasteiger partial charge < -0.3 is 15.4 Å². The Labute approximate surface area is 202 Å². The molecule has 3 heterocycles. The second-order valence-electron chi connectivity index (χ2n) is 9.63. The predicted octanol–water partition coefficient (Wildman–Crippen LogP) is 3.59. The number of aromatic nitrogens is 6. The van der Waals surface area contributed by atoms with Crippen LogP contribution in [0.15, 0.2) is 47.5 Å². The molecule has 2 atom stereocenters. The van der Waals surface area contributed by atoms with E-state index in [9.17, 15) is 15.2 Å². The van der Waals surface area contributed by atoms with E-state index in [2.05, 4.69) is 26.7 Å². The van der Waals surface area contributed by atoms with Crippen LogP contribution in [0.4, 0.5) is 11.5 Å². The zero-order valence-electron chi connectivity index (χ0n) is 19.8. The number of pyridine rings is 1. The number of nitriles is 1. The van der Waals surface area contributed by atoms with Gasteiger partial charge in [-0.05, 0) is 50.5 Å². The van der Waals surface area contributed by atoms with E-state index in [-0.39, 0.29) is 17.5 Å². The summed E-state index contributed by atoms with van der Waals surface area (Å²) in [6, 6.07) is 12.0. The van der Waals surface area contributed by atoms with E-state index >= 15 is 0 Å². The van der Waals surface area contributed by atoms with Crippen LogP contribution in [0, 0.1) is 17.2 Å². The first-order chi connectivity index (χ1) is 16.8. The lowest BCUT2D eigenvalue weighted by atomic mass is 9.85. The minimum atomic E-state index is -1.06. The van der Waals surface area contributed by atoms with Crippen molar-refractivity contribution < 1.29 is 5.11 Å². The standard InChI is InChI=1S/C25H28N8O2/c1-25(2,35)21-15-32(31-29-21)14-16-6-5-8-18(12-16)28-23-22-20(10-11-27-24(22)34)33(30-23)19-9-4-3-7-17(19)13-26/h5-6,8,10-12,15,17,19,35H,3-4,7,9,14H2,1-2H3,(H,27,34)(H,28,30). The molecule has 1 aromatic carbocycles. The molecule has 10 heteroatoms. The van der Waals surface area contributed by atoms with Crippen molar-refractivity contribution in [3.05, 3.63) is 64.3 Å². The molecule has 35 heavy (non-hydrogen) atoms. The Morgan fingerprint density at radius 3 is 2.89 bits per heavy atom. The topological polar surface area (TPSA) is 137 Å². The fourth-order valence-electron chi connectivity index (χ4n) is 4.72. The van der Waals surface area contributed by atoms with E-state index in [1.165, 1.54) is 0 Å². The third-order valence-corrected chi connectivity index (χ3v) is 6.54. The molecular formula is C25H28N8O2. The summed E-state index contributed by atoms with van der Waals surface area (Å²) in [5.74, 6) is 0.338. The van der Waals surface area contributed by atoms with Gasteiger partial charge in [-0.25, -0.2) is 4.68 Å². The Hall–Kier alpha value is -3.97. The Morgan fingerprint density at radius 1 is 1.29 bits per heavy atom. The lowest BCUT2D eigenvalue weighted by molar-refractivity contribution is 0.0737. The molecule has 0 amide bonds. The van der Waals surface area contributed by atoms with E-state index in [0.29, 0.717) is 23.4 Å². The van der Waals surface area contributed by atoms with Crippen LogP contribution < -0.4 is 10.9 Å². The number of nitrogens with one attached hydrogen (secondary N) is 2. The first-order valence-electron chi connectivity index (χ1n) is 11.8. The van der Waals surface area contributed by atoms with Crippen LogP contribution >= 0.6 is 0 Å². The molecule has 4 aromatic rings. The first kappa shape index (κ1) is 22.8. The molecule has 180 valence electrons. The average molecular weight is 473 g/mol. The number of aromatic amines is 1. The van der Waals surface area contributed by atoms with E-state index in [0.717, 1.165) is 42.5 Å². The monoisotopic (exact) mass is 472 g/mol. The van der Waals surface area contributed by atoms with Gasteiger partial charge in [0.25, 0.3) is 5.56 Å². The maximum absolute atomic E-state index is 12.8. The van der Waals surface area contributed by atoms with Gasteiger partial charge in [-0.2, -0.15) is 10.4 Å². The molecule has 1 aliphatic rings. The zero-order chi connectivity index (χ0) is 24.6. The highest BCUT2D eigenvalue weighted by Gasteiger charge is 2.30. The molecule has 5 rings (SSSR count). The largest absolute Gasteiger partial charge is 0.384 e. The number of aliphatic hydroxyl groups is 1. The van der Waals surface area contributed by atoms with Crippen molar-refractivity contribution in [3.8, 4) is 6.07 Å².